The molecule has 0 aliphatic carbocycles. The van der Waals surface area contributed by atoms with Crippen LogP contribution in [-0.4, -0.2) is 13.0 Å². The summed E-state index contributed by atoms with van der Waals surface area (Å²) < 4.78 is 0. The van der Waals surface area contributed by atoms with E-state index in [0.29, 0.717) is 6.54 Å². The van der Waals surface area contributed by atoms with E-state index in [4.69, 9.17) is 0 Å². The zero-order chi connectivity index (χ0) is 13.7. The Balaban J connectivity index is 2.63. The van der Waals surface area contributed by atoms with Crippen LogP contribution in [0, 0.1) is 11.8 Å². The molecule has 1 aliphatic heterocycles. The second-order valence-corrected chi connectivity index (χ2v) is 4.14. The average molecular weight is 249 g/mol. The fraction of sp³-hybridized carbons (Fsp3) is 0.118. The minimum atomic E-state index is 0.501. The van der Waals surface area contributed by atoms with Crippen molar-refractivity contribution in [3.63, 3.8) is 0 Å². The Kier molecular flexibility index (Phi) is 4.00. The molecule has 94 valence electrons. The van der Waals surface area contributed by atoms with Gasteiger partial charge in [0.2, 0.25) is 6.41 Å². The number of benzene rings is 1. The summed E-state index contributed by atoms with van der Waals surface area (Å²) in [4.78, 5) is 13.0. The molecule has 0 spiro atoms. The number of amides is 1. The quantitative estimate of drug-likeness (QED) is 0.595. The van der Waals surface area contributed by atoms with Crippen LogP contribution in [-0.2, 0) is 4.79 Å². The molecule has 2 nitrogen and oxygen atoms in total. The van der Waals surface area contributed by atoms with Crippen molar-refractivity contribution in [2.75, 3.05) is 11.4 Å². The van der Waals surface area contributed by atoms with Gasteiger partial charge in [0.1, 0.15) is 0 Å². The maximum atomic E-state index is 11.3. The topological polar surface area (TPSA) is 20.3 Å². The molecule has 2 heteroatoms. The highest BCUT2D eigenvalue weighted by molar-refractivity contribution is 5.81. The van der Waals surface area contributed by atoms with E-state index in [0.717, 1.165) is 28.8 Å². The molecule has 19 heavy (non-hydrogen) atoms. The van der Waals surface area contributed by atoms with Gasteiger partial charge in [-0.3, -0.25) is 4.79 Å². The SMILES string of the molecule is C=C/C1=C(\C=C/C)CN(C=O)c2ccccc2C#C1. The van der Waals surface area contributed by atoms with Crippen molar-refractivity contribution in [2.24, 2.45) is 0 Å². The number of para-hydroxylation sites is 1. The van der Waals surface area contributed by atoms with E-state index in [1.54, 1.807) is 11.0 Å². The number of carbonyl (C=O) groups excluding carboxylic acids is 1. The first-order valence-electron chi connectivity index (χ1n) is 6.11. The number of nitrogens with zero attached hydrogens (tertiary/aromatic N) is 1. The molecular weight excluding hydrogens is 234 g/mol. The Bertz CT molecular complexity index is 626. The van der Waals surface area contributed by atoms with E-state index >= 15 is 0 Å². The Morgan fingerprint density at radius 2 is 2.11 bits per heavy atom. The second kappa shape index (κ2) is 5.88. The lowest BCUT2D eigenvalue weighted by Crippen LogP contribution is -2.25. The summed E-state index contributed by atoms with van der Waals surface area (Å²) in [5, 5.41) is 0. The van der Waals surface area contributed by atoms with Gasteiger partial charge in [0.05, 0.1) is 12.2 Å². The van der Waals surface area contributed by atoms with Gasteiger partial charge in [-0.05, 0) is 24.6 Å². The summed E-state index contributed by atoms with van der Waals surface area (Å²) >= 11 is 0. The van der Waals surface area contributed by atoms with Gasteiger partial charge >= 0.3 is 0 Å². The minimum absolute atomic E-state index is 0.501. The molecule has 0 bridgehead atoms. The third-order valence-corrected chi connectivity index (χ3v) is 2.93. The van der Waals surface area contributed by atoms with Crippen molar-refractivity contribution in [3.8, 4) is 11.8 Å². The van der Waals surface area contributed by atoms with Crippen LogP contribution in [0.1, 0.15) is 12.5 Å². The molecule has 1 amide bonds. The van der Waals surface area contributed by atoms with Gasteiger partial charge in [-0.25, -0.2) is 0 Å². The average Bonchev–Trinajstić information content (AvgIpc) is 2.43. The van der Waals surface area contributed by atoms with E-state index in [-0.39, 0.29) is 0 Å². The first kappa shape index (κ1) is 12.9. The number of fused-ring (bicyclic) bond motifs is 1. The highest BCUT2D eigenvalue weighted by Crippen LogP contribution is 2.23. The number of anilines is 1. The Labute approximate surface area is 113 Å². The zero-order valence-electron chi connectivity index (χ0n) is 10.9. The molecule has 1 aromatic carbocycles. The molecule has 0 unspecified atom stereocenters. The number of allylic oxidation sites excluding steroid dienone is 3. The van der Waals surface area contributed by atoms with Gasteiger partial charge < -0.3 is 4.90 Å². The number of hydrogen-bond acceptors (Lipinski definition) is 1. The molecule has 0 N–H and O–H groups in total. The first-order valence-corrected chi connectivity index (χ1v) is 6.11. The summed E-state index contributed by atoms with van der Waals surface area (Å²) in [6.07, 6.45) is 6.49. The van der Waals surface area contributed by atoms with Gasteiger partial charge in [0, 0.05) is 11.1 Å². The van der Waals surface area contributed by atoms with Crippen molar-refractivity contribution < 1.29 is 4.79 Å². The lowest BCUT2D eigenvalue weighted by molar-refractivity contribution is -0.107. The van der Waals surface area contributed by atoms with Gasteiger partial charge in [0.15, 0.2) is 0 Å². The van der Waals surface area contributed by atoms with Crippen LogP contribution in [0.5, 0.6) is 0 Å². The zero-order valence-corrected chi connectivity index (χ0v) is 10.9. The van der Waals surface area contributed by atoms with Gasteiger partial charge in [0.25, 0.3) is 0 Å². The van der Waals surface area contributed by atoms with Crippen molar-refractivity contribution in [3.05, 3.63) is 65.8 Å². The highest BCUT2D eigenvalue weighted by atomic mass is 16.1. The van der Waals surface area contributed by atoms with Crippen molar-refractivity contribution >= 4 is 12.1 Å². The minimum Gasteiger partial charge on any atom is -0.309 e. The van der Waals surface area contributed by atoms with Crippen LogP contribution in [0.4, 0.5) is 5.69 Å². The molecule has 1 heterocycles. The molecule has 1 aromatic rings. The molecule has 0 fully saturated rings. The predicted molar refractivity (Wildman–Crippen MR) is 78.8 cm³/mol. The first-order chi connectivity index (χ1) is 9.30. The Morgan fingerprint density at radius 1 is 1.32 bits per heavy atom. The van der Waals surface area contributed by atoms with E-state index in [2.05, 4.69) is 18.4 Å². The molecule has 1 aliphatic rings. The molecule has 0 atom stereocenters. The normalized spacial score (nSPS) is 18.1. The molecular formula is C17H15NO. The van der Waals surface area contributed by atoms with Crippen LogP contribution in [0.3, 0.4) is 0 Å². The number of carbonyl (C=O) groups is 1. The van der Waals surface area contributed by atoms with Crippen LogP contribution in [0.15, 0.2) is 60.2 Å². The maximum Gasteiger partial charge on any atom is 0.214 e. The summed E-state index contributed by atoms with van der Waals surface area (Å²) in [5.74, 6) is 6.23. The summed E-state index contributed by atoms with van der Waals surface area (Å²) in [6.45, 7) is 6.24. The molecule has 0 saturated heterocycles. The third kappa shape index (κ3) is 2.66. The van der Waals surface area contributed by atoms with Gasteiger partial charge in [-0.15, -0.1) is 0 Å². The fourth-order valence-electron chi connectivity index (χ4n) is 2.02. The molecule has 0 saturated carbocycles. The van der Waals surface area contributed by atoms with E-state index in [1.165, 1.54) is 0 Å². The van der Waals surface area contributed by atoms with Crippen LogP contribution < -0.4 is 4.90 Å². The number of hydrogen-bond donors (Lipinski definition) is 0. The molecule has 2 rings (SSSR count). The smallest absolute Gasteiger partial charge is 0.214 e. The summed E-state index contributed by atoms with van der Waals surface area (Å²) in [7, 11) is 0. The lowest BCUT2D eigenvalue weighted by atomic mass is 10.0. The Morgan fingerprint density at radius 3 is 2.79 bits per heavy atom. The van der Waals surface area contributed by atoms with Crippen molar-refractivity contribution in [1.29, 1.82) is 0 Å². The monoisotopic (exact) mass is 249 g/mol. The Hall–Kier alpha value is -2.53. The molecule has 0 aromatic heterocycles. The third-order valence-electron chi connectivity index (χ3n) is 2.93. The molecule has 0 radical (unpaired) electrons. The van der Waals surface area contributed by atoms with Gasteiger partial charge in [-0.2, -0.15) is 0 Å². The van der Waals surface area contributed by atoms with Crippen LogP contribution in [0.25, 0.3) is 0 Å². The largest absolute Gasteiger partial charge is 0.309 e. The fourth-order valence-corrected chi connectivity index (χ4v) is 2.02. The van der Waals surface area contributed by atoms with Crippen LogP contribution >= 0.6 is 0 Å². The lowest BCUT2D eigenvalue weighted by Gasteiger charge is -2.21. The van der Waals surface area contributed by atoms with E-state index in [1.807, 2.05) is 43.3 Å². The number of rotatable bonds is 3. The van der Waals surface area contributed by atoms with Crippen molar-refractivity contribution in [2.45, 2.75) is 6.92 Å². The summed E-state index contributed by atoms with van der Waals surface area (Å²) in [6, 6.07) is 7.65. The predicted octanol–water partition coefficient (Wildman–Crippen LogP) is 3.07. The van der Waals surface area contributed by atoms with E-state index < -0.39 is 0 Å². The van der Waals surface area contributed by atoms with Crippen LogP contribution in [0.2, 0.25) is 0 Å². The van der Waals surface area contributed by atoms with Gasteiger partial charge in [-0.1, -0.05) is 48.8 Å². The van der Waals surface area contributed by atoms with Crippen molar-refractivity contribution in [1.82, 2.24) is 0 Å². The van der Waals surface area contributed by atoms with E-state index in [9.17, 15) is 4.79 Å². The highest BCUT2D eigenvalue weighted by Gasteiger charge is 2.13. The second-order valence-electron chi connectivity index (χ2n) is 4.14. The summed E-state index contributed by atoms with van der Waals surface area (Å²) in [5.41, 5.74) is 3.55. The maximum absolute atomic E-state index is 11.3. The standard InChI is InChI=1S/C17H15NO/c1-3-7-16-12-18(13-19)17-9-6-5-8-15(17)11-10-14(16)4-2/h3-9,13H,2,12H2,1H3/b7-3-,16-14-.